The third-order valence-corrected chi connectivity index (χ3v) is 9.16. The highest BCUT2D eigenvalue weighted by Gasteiger charge is 2.31. The Labute approximate surface area is 336 Å². The minimum atomic E-state index is -0.883. The summed E-state index contributed by atoms with van der Waals surface area (Å²) in [7, 11) is 5.51. The Balaban J connectivity index is 4.41. The second kappa shape index (κ2) is 37.7. The van der Waals surface area contributed by atoms with E-state index < -0.39 is 18.1 Å². The molecular weight excluding hydrogens is 691 g/mol. The summed E-state index contributed by atoms with van der Waals surface area (Å²) in [6.07, 6.45) is 46.5. The Morgan fingerprint density at radius 2 is 1.05 bits per heavy atom. The van der Waals surface area contributed by atoms with Gasteiger partial charge in [-0.2, -0.15) is 0 Å². The van der Waals surface area contributed by atoms with Gasteiger partial charge < -0.3 is 23.8 Å². The molecule has 1 N–H and O–H groups in total. The lowest BCUT2D eigenvalue weighted by Crippen LogP contribution is -2.50. The second-order valence-corrected chi connectivity index (χ2v) is 15.2. The molecule has 0 aromatic rings. The van der Waals surface area contributed by atoms with E-state index in [1.165, 1.54) is 38.5 Å². The van der Waals surface area contributed by atoms with Gasteiger partial charge in [-0.1, -0.05) is 145 Å². The molecule has 0 spiro atoms. The van der Waals surface area contributed by atoms with E-state index in [9.17, 15) is 19.5 Å². The van der Waals surface area contributed by atoms with Crippen molar-refractivity contribution in [1.29, 1.82) is 0 Å². The first-order valence-electron chi connectivity index (χ1n) is 21.5. The zero-order valence-corrected chi connectivity index (χ0v) is 35.6. The van der Waals surface area contributed by atoms with Crippen LogP contribution in [-0.2, 0) is 28.6 Å². The summed E-state index contributed by atoms with van der Waals surface area (Å²) in [5.41, 5.74) is 0. The van der Waals surface area contributed by atoms with E-state index in [1.54, 1.807) is 0 Å². The van der Waals surface area contributed by atoms with Crippen molar-refractivity contribution in [3.8, 4) is 0 Å². The molecule has 55 heavy (non-hydrogen) atoms. The fourth-order valence-corrected chi connectivity index (χ4v) is 5.87. The number of unbranched alkanes of at least 4 members (excludes halogenated alkanes) is 13. The van der Waals surface area contributed by atoms with Crippen molar-refractivity contribution in [2.45, 2.75) is 167 Å². The Kier molecular flexibility index (Phi) is 35.5. The number of hydrogen-bond acceptors (Lipinski definition) is 6. The maximum Gasteiger partial charge on any atom is 0.362 e. The van der Waals surface area contributed by atoms with Crippen LogP contribution < -0.4 is 0 Å². The number of hydrogen-bond donors (Lipinski definition) is 1. The average molecular weight is 771 g/mol. The van der Waals surface area contributed by atoms with Crippen LogP contribution >= 0.6 is 0 Å². The van der Waals surface area contributed by atoms with E-state index in [4.69, 9.17) is 14.2 Å². The van der Waals surface area contributed by atoms with Crippen LogP contribution in [0.1, 0.15) is 155 Å². The number of esters is 2. The maximum atomic E-state index is 12.7. The number of allylic oxidation sites excluding steroid dienone is 12. The van der Waals surface area contributed by atoms with E-state index in [2.05, 4.69) is 86.8 Å². The van der Waals surface area contributed by atoms with Crippen molar-refractivity contribution >= 4 is 17.9 Å². The van der Waals surface area contributed by atoms with Gasteiger partial charge in [0, 0.05) is 19.3 Å². The number of rotatable bonds is 37. The largest absolute Gasteiger partial charge is 0.477 e. The quantitative estimate of drug-likeness (QED) is 0.0221. The Morgan fingerprint density at radius 1 is 0.564 bits per heavy atom. The number of carboxylic acids is 1. The molecule has 0 aromatic heterocycles. The number of ether oxygens (including phenoxy) is 3. The number of nitrogens with zero attached hydrogens (tertiary/aromatic N) is 1. The molecule has 0 saturated carbocycles. The third-order valence-electron chi connectivity index (χ3n) is 9.16. The van der Waals surface area contributed by atoms with Gasteiger partial charge in [0.05, 0.1) is 34.4 Å². The Morgan fingerprint density at radius 3 is 1.62 bits per heavy atom. The number of quaternary nitrogens is 1. The summed E-state index contributed by atoms with van der Waals surface area (Å²) in [6, 6.07) is -0.622. The van der Waals surface area contributed by atoms with Crippen LogP contribution in [0.15, 0.2) is 72.9 Å². The molecule has 0 aliphatic heterocycles. The fraction of sp³-hybridized carbons (Fsp3) is 0.681. The highest BCUT2D eigenvalue weighted by Crippen LogP contribution is 2.13. The van der Waals surface area contributed by atoms with Crippen LogP contribution in [-0.4, -0.2) is 80.6 Å². The molecule has 0 heterocycles. The Hall–Kier alpha value is -3.23. The van der Waals surface area contributed by atoms with Gasteiger partial charge >= 0.3 is 17.9 Å². The van der Waals surface area contributed by atoms with Crippen molar-refractivity contribution in [3.63, 3.8) is 0 Å². The van der Waals surface area contributed by atoms with Gasteiger partial charge in [-0.15, -0.1) is 0 Å². The van der Waals surface area contributed by atoms with Gasteiger partial charge in [-0.05, 0) is 64.2 Å². The lowest BCUT2D eigenvalue weighted by atomic mass is 10.1. The highest BCUT2D eigenvalue weighted by molar-refractivity contribution is 5.72. The molecule has 0 aromatic carbocycles. The maximum absolute atomic E-state index is 12.7. The molecule has 0 fully saturated rings. The number of carbonyl (C=O) groups excluding carboxylic acids is 2. The monoisotopic (exact) mass is 771 g/mol. The molecule has 2 unspecified atom stereocenters. The first-order valence-corrected chi connectivity index (χ1v) is 21.5. The molecule has 0 saturated heterocycles. The van der Waals surface area contributed by atoms with Crippen LogP contribution in [0.2, 0.25) is 0 Å². The van der Waals surface area contributed by atoms with Crippen LogP contribution in [0.3, 0.4) is 0 Å². The molecular formula is C47H80NO7+. The van der Waals surface area contributed by atoms with Gasteiger partial charge in [0.25, 0.3) is 0 Å². The molecule has 8 nitrogen and oxygen atoms in total. The molecule has 0 bridgehead atoms. The van der Waals surface area contributed by atoms with Crippen molar-refractivity contribution in [3.05, 3.63) is 72.9 Å². The SMILES string of the molecule is CC/C=C/C=C/C=C/CCCCCCCCCC(=O)OCC(COCCC(C(=O)O)[N+](C)(C)C)OC(=O)CCCCCCCC/C=C/C/C=C/C/C=C/CC. The van der Waals surface area contributed by atoms with Crippen molar-refractivity contribution in [2.24, 2.45) is 0 Å². The van der Waals surface area contributed by atoms with Gasteiger partial charge in [0.15, 0.2) is 12.1 Å². The molecule has 0 amide bonds. The zero-order valence-electron chi connectivity index (χ0n) is 35.6. The van der Waals surface area contributed by atoms with Gasteiger partial charge in [-0.25, -0.2) is 4.79 Å². The van der Waals surface area contributed by atoms with E-state index in [0.29, 0.717) is 19.3 Å². The molecule has 0 radical (unpaired) electrons. The van der Waals surface area contributed by atoms with Crippen molar-refractivity contribution in [2.75, 3.05) is 41.0 Å². The first-order chi connectivity index (χ1) is 26.6. The Bertz CT molecular complexity index is 1130. The van der Waals surface area contributed by atoms with Gasteiger partial charge in [0.2, 0.25) is 0 Å². The van der Waals surface area contributed by atoms with Crippen molar-refractivity contribution in [1.82, 2.24) is 0 Å². The van der Waals surface area contributed by atoms with Gasteiger partial charge in [-0.3, -0.25) is 9.59 Å². The first kappa shape index (κ1) is 51.8. The number of likely N-dealkylation sites (N-methyl/N-ethyl adjacent to an activating group) is 1. The third kappa shape index (κ3) is 36.2. The summed E-state index contributed by atoms with van der Waals surface area (Å²) >= 11 is 0. The topological polar surface area (TPSA) is 99.1 Å². The fourth-order valence-electron chi connectivity index (χ4n) is 5.87. The average Bonchev–Trinajstić information content (AvgIpc) is 3.14. The zero-order chi connectivity index (χ0) is 40.7. The number of carboxylic acid groups (broad SMARTS) is 1. The summed E-state index contributed by atoms with van der Waals surface area (Å²) in [4.78, 5) is 37.0. The summed E-state index contributed by atoms with van der Waals surface area (Å²) in [6.45, 7) is 4.45. The van der Waals surface area contributed by atoms with E-state index in [0.717, 1.165) is 83.5 Å². The summed E-state index contributed by atoms with van der Waals surface area (Å²) in [5, 5.41) is 9.61. The smallest absolute Gasteiger partial charge is 0.362 e. The number of carbonyl (C=O) groups is 3. The molecule has 0 aliphatic carbocycles. The predicted octanol–water partition coefficient (Wildman–Crippen LogP) is 11.6. The van der Waals surface area contributed by atoms with Crippen LogP contribution in [0.5, 0.6) is 0 Å². The van der Waals surface area contributed by atoms with Crippen LogP contribution in [0, 0.1) is 0 Å². The predicted molar refractivity (Wildman–Crippen MR) is 229 cm³/mol. The minimum Gasteiger partial charge on any atom is -0.477 e. The summed E-state index contributed by atoms with van der Waals surface area (Å²) in [5.74, 6) is -1.51. The van der Waals surface area contributed by atoms with E-state index in [-0.39, 0.29) is 36.2 Å². The van der Waals surface area contributed by atoms with Crippen LogP contribution in [0.4, 0.5) is 0 Å². The molecule has 0 aliphatic rings. The highest BCUT2D eigenvalue weighted by atomic mass is 16.6. The lowest BCUT2D eigenvalue weighted by molar-refractivity contribution is -0.887. The molecule has 314 valence electrons. The molecule has 0 rings (SSSR count). The molecule has 8 heteroatoms. The summed E-state index contributed by atoms with van der Waals surface area (Å²) < 4.78 is 17.2. The van der Waals surface area contributed by atoms with Gasteiger partial charge in [0.1, 0.15) is 6.61 Å². The number of aliphatic carboxylic acids is 1. The van der Waals surface area contributed by atoms with E-state index >= 15 is 0 Å². The molecule has 2 atom stereocenters. The second-order valence-electron chi connectivity index (χ2n) is 15.2. The van der Waals surface area contributed by atoms with Crippen LogP contribution in [0.25, 0.3) is 0 Å². The van der Waals surface area contributed by atoms with E-state index in [1.807, 2.05) is 21.1 Å². The lowest BCUT2D eigenvalue weighted by Gasteiger charge is -2.31. The van der Waals surface area contributed by atoms with Crippen molar-refractivity contribution < 1.29 is 38.2 Å². The minimum absolute atomic E-state index is 0.0479. The standard InChI is InChI=1S/C47H79NO7/c1-6-8-10-12-14-16-18-20-22-24-26-28-30-32-34-36-38-46(50)55-43(41-53-40-39-44(47(51)52)48(3,4)5)42-54-45(49)37-35-33-31-29-27-25-23-21-19-17-15-13-11-9-7-2/h8-11,13-17,19-20,22,43-44H,6-7,12,18,21,23-42H2,1-5H3/p+1/b10-8+,11-9+,15-13+,16-14+,19-17+,22-20+. The normalized spacial score (nSPS) is 13.7.